The van der Waals surface area contributed by atoms with Crippen molar-refractivity contribution < 1.29 is 9.69 Å². The molecule has 1 aromatic heterocycles. The highest BCUT2D eigenvalue weighted by Crippen LogP contribution is 2.26. The largest absolute Gasteiger partial charge is 0.332 e. The molecule has 7 heteroatoms. The van der Waals surface area contributed by atoms with Gasteiger partial charge >= 0.3 is 0 Å². The fourth-order valence-corrected chi connectivity index (χ4v) is 4.74. The van der Waals surface area contributed by atoms with Gasteiger partial charge in [0.25, 0.3) is 5.56 Å². The maximum Gasteiger partial charge on any atom is 0.262 e. The van der Waals surface area contributed by atoms with Gasteiger partial charge in [0.05, 0.1) is 48.9 Å². The number of amides is 1. The van der Waals surface area contributed by atoms with Crippen molar-refractivity contribution in [1.82, 2.24) is 14.5 Å². The molecule has 2 aromatic rings. The van der Waals surface area contributed by atoms with Crippen LogP contribution in [0.4, 0.5) is 0 Å². The lowest BCUT2D eigenvalue weighted by Gasteiger charge is -2.33. The van der Waals surface area contributed by atoms with Crippen LogP contribution in [0.2, 0.25) is 0 Å². The van der Waals surface area contributed by atoms with E-state index in [-0.39, 0.29) is 22.8 Å². The van der Waals surface area contributed by atoms with E-state index in [2.05, 4.69) is 13.8 Å². The van der Waals surface area contributed by atoms with Crippen LogP contribution in [-0.2, 0) is 4.79 Å². The Morgan fingerprint density at radius 2 is 1.89 bits per heavy atom. The average Bonchev–Trinajstić information content (AvgIpc) is 2.73. The lowest BCUT2D eigenvalue weighted by Crippen LogP contribution is -3.14. The topological polar surface area (TPSA) is 59.6 Å². The Morgan fingerprint density at radius 1 is 1.21 bits per heavy atom. The normalized spacial score (nSPS) is 17.6. The molecule has 0 aliphatic carbocycles. The highest BCUT2D eigenvalue weighted by molar-refractivity contribution is 8.00. The molecule has 1 fully saturated rings. The number of nitrogens with one attached hydrogen (secondary N) is 1. The number of fused-ring (bicyclic) bond motifs is 1. The number of likely N-dealkylation sites (N-methyl/N-ethyl adjacent to an activating group) is 1. The van der Waals surface area contributed by atoms with Gasteiger partial charge in [0, 0.05) is 6.04 Å². The van der Waals surface area contributed by atoms with E-state index < -0.39 is 0 Å². The Bertz CT molecular complexity index is 890. The third-order valence-corrected chi connectivity index (χ3v) is 6.77. The van der Waals surface area contributed by atoms with E-state index in [9.17, 15) is 9.59 Å². The second-order valence-electron chi connectivity index (χ2n) is 7.53. The van der Waals surface area contributed by atoms with Crippen LogP contribution in [0.1, 0.15) is 40.2 Å². The van der Waals surface area contributed by atoms with Crippen molar-refractivity contribution in [2.24, 2.45) is 0 Å². The molecule has 0 bridgehead atoms. The summed E-state index contributed by atoms with van der Waals surface area (Å²) >= 11 is 1.41. The van der Waals surface area contributed by atoms with E-state index in [1.54, 1.807) is 9.47 Å². The molecule has 1 aliphatic rings. The molecule has 28 heavy (non-hydrogen) atoms. The summed E-state index contributed by atoms with van der Waals surface area (Å²) in [6.07, 6.45) is 0.831. The number of carbonyl (C=O) groups excluding carboxylic acids is 1. The maximum absolute atomic E-state index is 13.1. The Kier molecular flexibility index (Phi) is 6.78. The molecule has 1 saturated heterocycles. The van der Waals surface area contributed by atoms with Crippen molar-refractivity contribution >= 4 is 28.6 Å². The quantitative estimate of drug-likeness (QED) is 0.588. The van der Waals surface area contributed by atoms with Gasteiger partial charge in [0.15, 0.2) is 5.16 Å². The number of aromatic nitrogens is 2. The SMILES string of the molecule is CC[C@H](C)n1c(S[C@@H](C)C(=O)N2CC[NH+](CC)CC2)nc2ccccc2c1=O. The van der Waals surface area contributed by atoms with Crippen LogP contribution in [0, 0.1) is 0 Å². The Hall–Kier alpha value is -1.86. The molecule has 1 N–H and O–H groups in total. The fourth-order valence-electron chi connectivity index (χ4n) is 3.64. The smallest absolute Gasteiger partial charge is 0.262 e. The highest BCUT2D eigenvalue weighted by atomic mass is 32.2. The number of nitrogens with zero attached hydrogens (tertiary/aromatic N) is 3. The molecule has 152 valence electrons. The van der Waals surface area contributed by atoms with Crippen molar-refractivity contribution in [2.75, 3.05) is 32.7 Å². The van der Waals surface area contributed by atoms with Crippen LogP contribution in [0.5, 0.6) is 0 Å². The molecule has 2 atom stereocenters. The number of carbonyl (C=O) groups is 1. The van der Waals surface area contributed by atoms with Gasteiger partial charge in [-0.15, -0.1) is 0 Å². The van der Waals surface area contributed by atoms with E-state index in [0.29, 0.717) is 16.1 Å². The molecule has 6 nitrogen and oxygen atoms in total. The number of quaternary nitrogens is 1. The maximum atomic E-state index is 13.1. The van der Waals surface area contributed by atoms with Crippen LogP contribution >= 0.6 is 11.8 Å². The molecule has 1 aliphatic heterocycles. The van der Waals surface area contributed by atoms with E-state index >= 15 is 0 Å². The monoisotopic (exact) mass is 403 g/mol. The first-order chi connectivity index (χ1) is 13.5. The number of para-hydroxylation sites is 1. The first kappa shape index (κ1) is 20.9. The standard InChI is InChI=1S/C21H30N4O2S/c1-5-15(3)25-20(27)17-9-7-8-10-18(17)22-21(25)28-16(4)19(26)24-13-11-23(6-2)12-14-24/h7-10,15-16H,5-6,11-14H2,1-4H3/p+1/t15-,16-/m0/s1. The summed E-state index contributed by atoms with van der Waals surface area (Å²) in [7, 11) is 0. The summed E-state index contributed by atoms with van der Waals surface area (Å²) in [5.74, 6) is 0.137. The van der Waals surface area contributed by atoms with E-state index in [1.165, 1.54) is 11.8 Å². The van der Waals surface area contributed by atoms with Crippen molar-refractivity contribution in [3.8, 4) is 0 Å². The molecule has 0 radical (unpaired) electrons. The first-order valence-corrected chi connectivity index (χ1v) is 11.1. The third-order valence-electron chi connectivity index (χ3n) is 5.72. The van der Waals surface area contributed by atoms with Gasteiger partial charge in [0.2, 0.25) is 5.91 Å². The number of hydrogen-bond donors (Lipinski definition) is 1. The van der Waals surface area contributed by atoms with Gasteiger partial charge in [0.1, 0.15) is 0 Å². The van der Waals surface area contributed by atoms with Crippen molar-refractivity contribution in [2.45, 2.75) is 50.6 Å². The zero-order valence-electron chi connectivity index (χ0n) is 17.3. The zero-order valence-corrected chi connectivity index (χ0v) is 18.1. The van der Waals surface area contributed by atoms with Gasteiger partial charge in [-0.05, 0) is 39.3 Å². The molecule has 0 saturated carbocycles. The predicted molar refractivity (Wildman–Crippen MR) is 114 cm³/mol. The van der Waals surface area contributed by atoms with Gasteiger partial charge in [-0.25, -0.2) is 4.98 Å². The minimum atomic E-state index is -0.272. The molecule has 3 rings (SSSR count). The van der Waals surface area contributed by atoms with Crippen molar-refractivity contribution in [3.63, 3.8) is 0 Å². The summed E-state index contributed by atoms with van der Waals surface area (Å²) in [6.45, 7) is 12.9. The lowest BCUT2D eigenvalue weighted by atomic mass is 10.2. The molecular formula is C21H31N4O2S+. The Morgan fingerprint density at radius 3 is 2.54 bits per heavy atom. The summed E-state index contributed by atoms with van der Waals surface area (Å²) in [5, 5.41) is 0.994. The van der Waals surface area contributed by atoms with E-state index in [1.807, 2.05) is 43.0 Å². The second-order valence-corrected chi connectivity index (χ2v) is 8.84. The zero-order chi connectivity index (χ0) is 20.3. The fraction of sp³-hybridized carbons (Fsp3) is 0.571. The highest BCUT2D eigenvalue weighted by Gasteiger charge is 2.28. The third kappa shape index (κ3) is 4.25. The molecule has 1 aromatic carbocycles. The van der Waals surface area contributed by atoms with Gasteiger partial charge < -0.3 is 9.80 Å². The van der Waals surface area contributed by atoms with Crippen LogP contribution < -0.4 is 10.5 Å². The number of hydrogen-bond acceptors (Lipinski definition) is 4. The van der Waals surface area contributed by atoms with E-state index in [4.69, 9.17) is 4.98 Å². The summed E-state index contributed by atoms with van der Waals surface area (Å²) < 4.78 is 1.76. The minimum Gasteiger partial charge on any atom is -0.332 e. The van der Waals surface area contributed by atoms with Crippen molar-refractivity contribution in [3.05, 3.63) is 34.6 Å². The molecule has 0 unspecified atom stereocenters. The summed E-state index contributed by atoms with van der Waals surface area (Å²) in [4.78, 5) is 34.3. The van der Waals surface area contributed by atoms with Crippen LogP contribution in [0.15, 0.2) is 34.2 Å². The molecular weight excluding hydrogens is 372 g/mol. The van der Waals surface area contributed by atoms with E-state index in [0.717, 1.165) is 39.1 Å². The molecule has 1 amide bonds. The predicted octanol–water partition coefficient (Wildman–Crippen LogP) is 1.60. The number of thioether (sulfide) groups is 1. The van der Waals surface area contributed by atoms with Crippen molar-refractivity contribution in [1.29, 1.82) is 0 Å². The second kappa shape index (κ2) is 9.09. The number of benzene rings is 1. The summed E-state index contributed by atoms with van der Waals surface area (Å²) in [5.41, 5.74) is 0.664. The lowest BCUT2D eigenvalue weighted by molar-refractivity contribution is -0.902. The molecule has 0 spiro atoms. The van der Waals surface area contributed by atoms with Crippen LogP contribution in [0.25, 0.3) is 10.9 Å². The first-order valence-electron chi connectivity index (χ1n) is 10.3. The van der Waals surface area contributed by atoms with Gasteiger partial charge in [-0.1, -0.05) is 30.8 Å². The minimum absolute atomic E-state index is 0.0257. The Labute approximate surface area is 170 Å². The summed E-state index contributed by atoms with van der Waals surface area (Å²) in [6, 6.07) is 7.47. The number of rotatable bonds is 6. The van der Waals surface area contributed by atoms with Crippen LogP contribution in [0.3, 0.4) is 0 Å². The average molecular weight is 404 g/mol. The van der Waals surface area contributed by atoms with Gasteiger partial charge in [-0.3, -0.25) is 14.2 Å². The Balaban J connectivity index is 1.86. The van der Waals surface area contributed by atoms with Crippen LogP contribution in [-0.4, -0.2) is 58.3 Å². The molecule has 2 heterocycles. The number of piperazine rings is 1. The van der Waals surface area contributed by atoms with Gasteiger partial charge in [-0.2, -0.15) is 0 Å².